The average Bonchev–Trinajstić information content (AvgIpc) is 2.96. The Morgan fingerprint density at radius 1 is 1.32 bits per heavy atom. The van der Waals surface area contributed by atoms with Gasteiger partial charge in [0.2, 0.25) is 5.91 Å². The third-order valence-electron chi connectivity index (χ3n) is 3.66. The topological polar surface area (TPSA) is 70.9 Å². The fourth-order valence-electron chi connectivity index (χ4n) is 2.63. The van der Waals surface area contributed by atoms with Gasteiger partial charge in [-0.15, -0.1) is 12.4 Å². The summed E-state index contributed by atoms with van der Waals surface area (Å²) < 4.78 is 0. The lowest BCUT2D eigenvalue weighted by Crippen LogP contribution is -2.23. The van der Waals surface area contributed by atoms with Crippen molar-refractivity contribution in [3.05, 3.63) is 30.5 Å². The number of halogens is 1. The first-order chi connectivity index (χ1) is 8.72. The predicted molar refractivity (Wildman–Crippen MR) is 79.5 cm³/mol. The van der Waals surface area contributed by atoms with E-state index in [4.69, 9.17) is 5.73 Å². The Hall–Kier alpha value is -1.52. The quantitative estimate of drug-likeness (QED) is 0.791. The fourth-order valence-corrected chi connectivity index (χ4v) is 2.63. The molecule has 0 saturated heterocycles. The maximum Gasteiger partial charge on any atom is 0.227 e. The van der Waals surface area contributed by atoms with Gasteiger partial charge in [0.1, 0.15) is 0 Å². The van der Waals surface area contributed by atoms with Crippen LogP contribution in [0.15, 0.2) is 30.5 Å². The van der Waals surface area contributed by atoms with Crippen LogP contribution < -0.4 is 11.1 Å². The van der Waals surface area contributed by atoms with Crippen molar-refractivity contribution in [1.29, 1.82) is 0 Å². The lowest BCUT2D eigenvalue weighted by Gasteiger charge is -2.10. The minimum Gasteiger partial charge on any atom is -0.361 e. The number of nitrogens with two attached hydrogens (primary N) is 1. The van der Waals surface area contributed by atoms with Gasteiger partial charge in [-0.1, -0.05) is 0 Å². The number of nitrogens with one attached hydrogen (secondary N) is 2. The second-order valence-corrected chi connectivity index (χ2v) is 5.04. The zero-order valence-corrected chi connectivity index (χ0v) is 11.4. The van der Waals surface area contributed by atoms with E-state index in [0.29, 0.717) is 0 Å². The van der Waals surface area contributed by atoms with Crippen molar-refractivity contribution >= 4 is 34.9 Å². The number of carbonyl (C=O) groups is 1. The second kappa shape index (κ2) is 5.63. The van der Waals surface area contributed by atoms with E-state index >= 15 is 0 Å². The zero-order valence-electron chi connectivity index (χ0n) is 10.6. The Morgan fingerprint density at radius 2 is 2.16 bits per heavy atom. The van der Waals surface area contributed by atoms with Crippen LogP contribution in [-0.4, -0.2) is 16.9 Å². The normalized spacial score (nSPS) is 22.2. The molecule has 19 heavy (non-hydrogen) atoms. The molecule has 0 spiro atoms. The van der Waals surface area contributed by atoms with Gasteiger partial charge < -0.3 is 16.0 Å². The number of carbonyl (C=O) groups excluding carboxylic acids is 1. The van der Waals surface area contributed by atoms with E-state index in [1.54, 1.807) is 0 Å². The summed E-state index contributed by atoms with van der Waals surface area (Å²) in [4.78, 5) is 15.2. The summed E-state index contributed by atoms with van der Waals surface area (Å²) in [5.74, 6) is 0.166. The molecule has 2 atom stereocenters. The maximum atomic E-state index is 12.1. The van der Waals surface area contributed by atoms with Gasteiger partial charge in [0.15, 0.2) is 0 Å². The molecular formula is C14H18ClN3O. The van der Waals surface area contributed by atoms with Gasteiger partial charge in [-0.05, 0) is 43.5 Å². The molecule has 2 aromatic rings. The Balaban J connectivity index is 0.00000133. The van der Waals surface area contributed by atoms with Crippen LogP contribution in [0.4, 0.5) is 5.69 Å². The molecule has 1 aromatic heterocycles. The van der Waals surface area contributed by atoms with Crippen LogP contribution in [0.1, 0.15) is 19.3 Å². The molecule has 1 aliphatic carbocycles. The Morgan fingerprint density at radius 3 is 2.89 bits per heavy atom. The summed E-state index contributed by atoms with van der Waals surface area (Å²) in [7, 11) is 0. The summed E-state index contributed by atoms with van der Waals surface area (Å²) in [5, 5.41) is 4.09. The second-order valence-electron chi connectivity index (χ2n) is 5.04. The molecule has 102 valence electrons. The van der Waals surface area contributed by atoms with Crippen LogP contribution in [0.5, 0.6) is 0 Å². The van der Waals surface area contributed by atoms with E-state index in [0.717, 1.165) is 35.9 Å². The number of hydrogen-bond donors (Lipinski definition) is 3. The smallest absolute Gasteiger partial charge is 0.227 e. The molecule has 1 amide bonds. The van der Waals surface area contributed by atoms with Crippen molar-refractivity contribution in [3.8, 4) is 0 Å². The summed E-state index contributed by atoms with van der Waals surface area (Å²) >= 11 is 0. The first-order valence-corrected chi connectivity index (χ1v) is 6.36. The van der Waals surface area contributed by atoms with Gasteiger partial charge in [0.05, 0.1) is 0 Å². The highest BCUT2D eigenvalue weighted by Crippen LogP contribution is 2.26. The van der Waals surface area contributed by atoms with Crippen LogP contribution in [0.3, 0.4) is 0 Å². The zero-order chi connectivity index (χ0) is 12.5. The number of aromatic nitrogens is 1. The van der Waals surface area contributed by atoms with Gasteiger partial charge in [0, 0.05) is 34.7 Å². The first kappa shape index (κ1) is 13.9. The molecule has 0 bridgehead atoms. The molecule has 1 saturated carbocycles. The number of benzene rings is 1. The Bertz CT molecular complexity index is 581. The van der Waals surface area contributed by atoms with Gasteiger partial charge >= 0.3 is 0 Å². The van der Waals surface area contributed by atoms with Crippen LogP contribution in [-0.2, 0) is 4.79 Å². The van der Waals surface area contributed by atoms with Gasteiger partial charge in [-0.2, -0.15) is 0 Å². The number of fused-ring (bicyclic) bond motifs is 1. The predicted octanol–water partition coefficient (Wildman–Crippen LogP) is 2.66. The molecule has 5 heteroatoms. The summed E-state index contributed by atoms with van der Waals surface area (Å²) in [6.45, 7) is 0. The monoisotopic (exact) mass is 279 g/mol. The fraction of sp³-hybridized carbons (Fsp3) is 0.357. The van der Waals surface area contributed by atoms with E-state index < -0.39 is 0 Å². The van der Waals surface area contributed by atoms with Crippen molar-refractivity contribution in [3.63, 3.8) is 0 Å². The van der Waals surface area contributed by atoms with Crippen LogP contribution in [0.2, 0.25) is 0 Å². The highest BCUT2D eigenvalue weighted by Gasteiger charge is 2.27. The standard InChI is InChI=1S/C14H17N3O.ClH/c15-11-2-1-10(7-11)14(18)17-12-3-4-13-9(8-12)5-6-16-13;/h3-6,8,10-11,16H,1-2,7,15H2,(H,17,18);1H. The summed E-state index contributed by atoms with van der Waals surface area (Å²) in [5.41, 5.74) is 7.77. The van der Waals surface area contributed by atoms with Gasteiger partial charge in [-0.3, -0.25) is 4.79 Å². The molecule has 4 nitrogen and oxygen atoms in total. The van der Waals surface area contributed by atoms with E-state index in [2.05, 4.69) is 10.3 Å². The van der Waals surface area contributed by atoms with Crippen molar-refractivity contribution in [2.45, 2.75) is 25.3 Å². The highest BCUT2D eigenvalue weighted by molar-refractivity contribution is 5.95. The number of anilines is 1. The SMILES string of the molecule is Cl.NC1CCC(C(=O)Nc2ccc3[nH]ccc3c2)C1. The number of H-pyrrole nitrogens is 1. The Labute approximate surface area is 118 Å². The lowest BCUT2D eigenvalue weighted by atomic mass is 10.1. The van der Waals surface area contributed by atoms with Crippen LogP contribution in [0, 0.1) is 5.92 Å². The number of amides is 1. The first-order valence-electron chi connectivity index (χ1n) is 6.36. The minimum atomic E-state index is 0. The number of hydrogen-bond acceptors (Lipinski definition) is 2. The molecule has 1 aromatic carbocycles. The largest absolute Gasteiger partial charge is 0.361 e. The molecular weight excluding hydrogens is 262 g/mol. The molecule has 0 aliphatic heterocycles. The van der Waals surface area contributed by atoms with Crippen molar-refractivity contribution < 1.29 is 4.79 Å². The highest BCUT2D eigenvalue weighted by atomic mass is 35.5. The summed E-state index contributed by atoms with van der Waals surface area (Å²) in [6.07, 6.45) is 4.55. The third kappa shape index (κ3) is 2.91. The number of rotatable bonds is 2. The molecule has 4 N–H and O–H groups in total. The van der Waals surface area contributed by atoms with E-state index in [1.807, 2.05) is 30.5 Å². The molecule has 0 radical (unpaired) electrons. The van der Waals surface area contributed by atoms with Crippen molar-refractivity contribution in [1.82, 2.24) is 4.98 Å². The van der Waals surface area contributed by atoms with Gasteiger partial charge in [0.25, 0.3) is 0 Å². The molecule has 1 fully saturated rings. The van der Waals surface area contributed by atoms with Crippen molar-refractivity contribution in [2.24, 2.45) is 11.7 Å². The van der Waals surface area contributed by atoms with Crippen molar-refractivity contribution in [2.75, 3.05) is 5.32 Å². The summed E-state index contributed by atoms with van der Waals surface area (Å²) in [6, 6.07) is 8.07. The van der Waals surface area contributed by atoms with Crippen LogP contribution in [0.25, 0.3) is 10.9 Å². The van der Waals surface area contributed by atoms with Gasteiger partial charge in [-0.25, -0.2) is 0 Å². The molecule has 2 unspecified atom stereocenters. The lowest BCUT2D eigenvalue weighted by molar-refractivity contribution is -0.119. The molecule has 1 heterocycles. The van der Waals surface area contributed by atoms with E-state index in [9.17, 15) is 4.79 Å². The van der Waals surface area contributed by atoms with Crippen LogP contribution >= 0.6 is 12.4 Å². The molecule has 3 rings (SSSR count). The van der Waals surface area contributed by atoms with E-state index in [1.165, 1.54) is 0 Å². The Kier molecular flexibility index (Phi) is 4.12. The molecule has 1 aliphatic rings. The maximum absolute atomic E-state index is 12.1. The third-order valence-corrected chi connectivity index (χ3v) is 3.66. The number of aromatic amines is 1. The average molecular weight is 280 g/mol. The minimum absolute atomic E-state index is 0. The van der Waals surface area contributed by atoms with E-state index in [-0.39, 0.29) is 30.3 Å².